The molecule has 1 fully saturated rings. The zero-order chi connectivity index (χ0) is 14.2. The maximum Gasteiger partial charge on any atom is 0.246 e. The summed E-state index contributed by atoms with van der Waals surface area (Å²) in [7, 11) is 1.85. The molecule has 0 radical (unpaired) electrons. The molecule has 0 aliphatic carbocycles. The summed E-state index contributed by atoms with van der Waals surface area (Å²) >= 11 is 0. The van der Waals surface area contributed by atoms with Crippen molar-refractivity contribution in [1.82, 2.24) is 4.90 Å². The third-order valence-electron chi connectivity index (χ3n) is 3.78. The maximum absolute atomic E-state index is 12.3. The third kappa shape index (κ3) is 2.45. The molecule has 1 aliphatic heterocycles. The fourth-order valence-electron chi connectivity index (χ4n) is 2.96. The van der Waals surface area contributed by atoms with Crippen molar-refractivity contribution in [3.05, 3.63) is 29.8 Å². The van der Waals surface area contributed by atoms with Crippen LogP contribution in [0.25, 0.3) is 0 Å². The zero-order valence-corrected chi connectivity index (χ0v) is 12.2. The number of anilines is 1. The van der Waals surface area contributed by atoms with Crippen molar-refractivity contribution in [2.75, 3.05) is 25.0 Å². The van der Waals surface area contributed by atoms with Crippen LogP contribution >= 0.6 is 0 Å². The van der Waals surface area contributed by atoms with Crippen molar-refractivity contribution in [2.45, 2.75) is 32.4 Å². The van der Waals surface area contributed by atoms with E-state index in [2.05, 4.69) is 49.9 Å². The molecule has 4 heteroatoms. The minimum Gasteiger partial charge on any atom is -0.351 e. The number of amides is 1. The minimum absolute atomic E-state index is 0.0994. The van der Waals surface area contributed by atoms with Gasteiger partial charge in [-0.05, 0) is 32.9 Å². The summed E-state index contributed by atoms with van der Waals surface area (Å²) in [6, 6.07) is 8.00. The van der Waals surface area contributed by atoms with Crippen LogP contribution in [0.4, 0.5) is 5.69 Å². The largest absolute Gasteiger partial charge is 0.351 e. The van der Waals surface area contributed by atoms with Crippen molar-refractivity contribution < 1.29 is 4.79 Å². The average molecular weight is 261 g/mol. The first-order valence-corrected chi connectivity index (χ1v) is 6.68. The second-order valence-corrected chi connectivity index (χ2v) is 5.96. The van der Waals surface area contributed by atoms with Gasteiger partial charge >= 0.3 is 0 Å². The lowest BCUT2D eigenvalue weighted by Crippen LogP contribution is -2.68. The van der Waals surface area contributed by atoms with Gasteiger partial charge in [0.05, 0.1) is 5.54 Å². The Balaban J connectivity index is 2.43. The Labute approximate surface area is 115 Å². The van der Waals surface area contributed by atoms with Gasteiger partial charge in [0.15, 0.2) is 0 Å². The zero-order valence-electron chi connectivity index (χ0n) is 12.2. The van der Waals surface area contributed by atoms with E-state index < -0.39 is 0 Å². The van der Waals surface area contributed by atoms with Gasteiger partial charge in [0.25, 0.3) is 0 Å². The Bertz CT molecular complexity index is 467. The molecule has 1 heterocycles. The van der Waals surface area contributed by atoms with E-state index in [1.807, 2.05) is 7.05 Å². The molecule has 1 aliphatic rings. The van der Waals surface area contributed by atoms with Gasteiger partial charge in [-0.15, -0.1) is 0 Å². The number of hydrogen-bond acceptors (Lipinski definition) is 3. The Kier molecular flexibility index (Phi) is 3.54. The number of hydrogen-bond donors (Lipinski definition) is 1. The van der Waals surface area contributed by atoms with Crippen molar-refractivity contribution in [2.24, 2.45) is 5.73 Å². The van der Waals surface area contributed by atoms with E-state index in [9.17, 15) is 4.79 Å². The Morgan fingerprint density at radius 2 is 1.89 bits per heavy atom. The molecule has 1 atom stereocenters. The van der Waals surface area contributed by atoms with Crippen LogP contribution in [0.3, 0.4) is 0 Å². The molecule has 0 aromatic heterocycles. The Hall–Kier alpha value is -1.55. The van der Waals surface area contributed by atoms with Gasteiger partial charge in [-0.1, -0.05) is 17.7 Å². The number of rotatable bonds is 2. The second-order valence-electron chi connectivity index (χ2n) is 5.96. The van der Waals surface area contributed by atoms with Gasteiger partial charge in [0.2, 0.25) is 5.91 Å². The summed E-state index contributed by atoms with van der Waals surface area (Å²) < 4.78 is 0. The number of nitrogens with two attached hydrogens (primary N) is 1. The minimum atomic E-state index is -0.281. The van der Waals surface area contributed by atoms with E-state index in [0.29, 0.717) is 13.1 Å². The molecular weight excluding hydrogens is 238 g/mol. The van der Waals surface area contributed by atoms with Crippen LogP contribution in [-0.2, 0) is 4.79 Å². The van der Waals surface area contributed by atoms with E-state index in [0.717, 1.165) is 5.69 Å². The number of aryl methyl sites for hydroxylation is 1. The highest BCUT2D eigenvalue weighted by atomic mass is 16.2. The van der Waals surface area contributed by atoms with Crippen LogP contribution in [-0.4, -0.2) is 42.5 Å². The van der Waals surface area contributed by atoms with Gasteiger partial charge in [0, 0.05) is 25.8 Å². The molecule has 19 heavy (non-hydrogen) atoms. The molecule has 1 unspecified atom stereocenters. The van der Waals surface area contributed by atoms with E-state index >= 15 is 0 Å². The molecule has 2 N–H and O–H groups in total. The average Bonchev–Trinajstić information content (AvgIpc) is 2.34. The molecule has 1 amide bonds. The molecule has 104 valence electrons. The van der Waals surface area contributed by atoms with Gasteiger partial charge in [-0.25, -0.2) is 0 Å². The molecule has 1 aromatic carbocycles. The molecule has 1 saturated heterocycles. The quantitative estimate of drug-likeness (QED) is 0.875. The monoisotopic (exact) mass is 261 g/mol. The van der Waals surface area contributed by atoms with Crippen LogP contribution in [0.15, 0.2) is 24.3 Å². The van der Waals surface area contributed by atoms with E-state index in [1.54, 1.807) is 4.90 Å². The van der Waals surface area contributed by atoms with Crippen molar-refractivity contribution >= 4 is 11.6 Å². The lowest BCUT2D eigenvalue weighted by molar-refractivity contribution is -0.134. The van der Waals surface area contributed by atoms with E-state index in [4.69, 9.17) is 5.73 Å². The summed E-state index contributed by atoms with van der Waals surface area (Å²) in [5, 5.41) is 0. The van der Waals surface area contributed by atoms with Crippen molar-refractivity contribution in [3.8, 4) is 0 Å². The first kappa shape index (κ1) is 13.9. The highest BCUT2D eigenvalue weighted by molar-refractivity contribution is 5.87. The number of nitrogens with zero attached hydrogens (tertiary/aromatic N) is 2. The summed E-state index contributed by atoms with van der Waals surface area (Å²) in [6.45, 7) is 7.40. The molecule has 2 rings (SSSR count). The number of carbonyl (C=O) groups is 1. The summed E-state index contributed by atoms with van der Waals surface area (Å²) in [6.07, 6.45) is 0. The molecule has 1 aromatic rings. The molecule has 4 nitrogen and oxygen atoms in total. The highest BCUT2D eigenvalue weighted by Gasteiger charge is 2.43. The summed E-state index contributed by atoms with van der Waals surface area (Å²) in [5.74, 6) is 0.0994. The normalized spacial score (nSPS) is 22.8. The first-order valence-electron chi connectivity index (χ1n) is 6.68. The van der Waals surface area contributed by atoms with Gasteiger partial charge in [0.1, 0.15) is 6.04 Å². The third-order valence-corrected chi connectivity index (χ3v) is 3.78. The van der Waals surface area contributed by atoms with Crippen LogP contribution < -0.4 is 10.6 Å². The maximum atomic E-state index is 12.3. The summed E-state index contributed by atoms with van der Waals surface area (Å²) in [4.78, 5) is 16.2. The topological polar surface area (TPSA) is 49.6 Å². The smallest absolute Gasteiger partial charge is 0.246 e. The number of benzene rings is 1. The fourth-order valence-corrected chi connectivity index (χ4v) is 2.96. The van der Waals surface area contributed by atoms with Crippen LogP contribution in [0, 0.1) is 6.92 Å². The van der Waals surface area contributed by atoms with Crippen LogP contribution in [0.5, 0.6) is 0 Å². The second kappa shape index (κ2) is 4.85. The number of piperazine rings is 1. The molecule has 0 saturated carbocycles. The molecular formula is C15H23N3O. The summed E-state index contributed by atoms with van der Waals surface area (Å²) in [5.41, 5.74) is 8.00. The van der Waals surface area contributed by atoms with Crippen molar-refractivity contribution in [3.63, 3.8) is 0 Å². The SMILES string of the molecule is Cc1ccc(N2C(CN)C(=O)N(C)CC2(C)C)cc1. The Morgan fingerprint density at radius 3 is 2.42 bits per heavy atom. The molecule has 0 spiro atoms. The lowest BCUT2D eigenvalue weighted by Gasteiger charge is -2.51. The van der Waals surface area contributed by atoms with E-state index in [1.165, 1.54) is 5.56 Å². The van der Waals surface area contributed by atoms with Crippen LogP contribution in [0.1, 0.15) is 19.4 Å². The predicted molar refractivity (Wildman–Crippen MR) is 78.2 cm³/mol. The van der Waals surface area contributed by atoms with Crippen molar-refractivity contribution in [1.29, 1.82) is 0 Å². The number of carbonyl (C=O) groups excluding carboxylic acids is 1. The highest BCUT2D eigenvalue weighted by Crippen LogP contribution is 2.31. The van der Waals surface area contributed by atoms with Crippen LogP contribution in [0.2, 0.25) is 0 Å². The Morgan fingerprint density at radius 1 is 1.32 bits per heavy atom. The van der Waals surface area contributed by atoms with Gasteiger partial charge < -0.3 is 15.5 Å². The van der Waals surface area contributed by atoms with Gasteiger partial charge in [-0.3, -0.25) is 4.79 Å². The molecule has 0 bridgehead atoms. The number of likely N-dealkylation sites (N-methyl/N-ethyl adjacent to an activating group) is 1. The van der Waals surface area contributed by atoms with Gasteiger partial charge in [-0.2, -0.15) is 0 Å². The first-order chi connectivity index (χ1) is 8.86. The standard InChI is InChI=1S/C15H23N3O/c1-11-5-7-12(8-6-11)18-13(9-16)14(19)17(4)10-15(18,2)3/h5-8,13H,9-10,16H2,1-4H3. The lowest BCUT2D eigenvalue weighted by atomic mass is 9.93. The predicted octanol–water partition coefficient (Wildman–Crippen LogP) is 1.38. The van der Waals surface area contributed by atoms with E-state index in [-0.39, 0.29) is 17.5 Å². The fraction of sp³-hybridized carbons (Fsp3) is 0.533.